The van der Waals surface area contributed by atoms with Crippen molar-refractivity contribution in [3.63, 3.8) is 0 Å². The summed E-state index contributed by atoms with van der Waals surface area (Å²) < 4.78 is 33.5. The van der Waals surface area contributed by atoms with E-state index in [-0.39, 0.29) is 15.5 Å². The summed E-state index contributed by atoms with van der Waals surface area (Å²) in [6.45, 7) is 2.38. The molecule has 1 amide bonds. The van der Waals surface area contributed by atoms with Crippen molar-refractivity contribution in [2.45, 2.75) is 16.7 Å². The van der Waals surface area contributed by atoms with Gasteiger partial charge in [-0.1, -0.05) is 17.7 Å². The third-order valence-electron chi connectivity index (χ3n) is 4.24. The van der Waals surface area contributed by atoms with Crippen LogP contribution in [0.3, 0.4) is 0 Å². The van der Waals surface area contributed by atoms with Gasteiger partial charge in [0.1, 0.15) is 5.75 Å². The first kappa shape index (κ1) is 23.0. The highest BCUT2D eigenvalue weighted by molar-refractivity contribution is 7.98. The Morgan fingerprint density at radius 3 is 2.45 bits per heavy atom. The monoisotopic (exact) mass is 476 g/mol. The lowest BCUT2D eigenvalue weighted by atomic mass is 10.2. The number of anilines is 2. The Balaban J connectivity index is 1.82. The highest BCUT2D eigenvalue weighted by Gasteiger charge is 2.19. The van der Waals surface area contributed by atoms with Gasteiger partial charge in [-0.05, 0) is 73.8 Å². The van der Waals surface area contributed by atoms with Crippen LogP contribution in [-0.4, -0.2) is 27.2 Å². The van der Waals surface area contributed by atoms with Crippen molar-refractivity contribution in [2.75, 3.05) is 22.9 Å². The summed E-state index contributed by atoms with van der Waals surface area (Å²) in [6, 6.07) is 17.9. The lowest BCUT2D eigenvalue weighted by molar-refractivity contribution is 0.102. The average molecular weight is 477 g/mol. The second-order valence-corrected chi connectivity index (χ2v) is 9.36. The van der Waals surface area contributed by atoms with E-state index in [2.05, 4.69) is 10.0 Å². The van der Waals surface area contributed by atoms with Gasteiger partial charge in [-0.15, -0.1) is 11.8 Å². The van der Waals surface area contributed by atoms with Crippen molar-refractivity contribution in [1.29, 1.82) is 0 Å². The number of ether oxygens (including phenoxy) is 1. The fourth-order valence-corrected chi connectivity index (χ4v) is 4.49. The van der Waals surface area contributed by atoms with E-state index in [0.717, 1.165) is 4.90 Å². The molecule has 6 nitrogen and oxygen atoms in total. The zero-order valence-corrected chi connectivity index (χ0v) is 19.3. The third kappa shape index (κ3) is 5.94. The number of nitrogens with one attached hydrogen (secondary N) is 2. The van der Waals surface area contributed by atoms with Gasteiger partial charge in [-0.3, -0.25) is 9.52 Å². The summed E-state index contributed by atoms with van der Waals surface area (Å²) in [5, 5.41) is 2.91. The third-order valence-corrected chi connectivity index (χ3v) is 6.67. The summed E-state index contributed by atoms with van der Waals surface area (Å²) in [4.78, 5) is 13.7. The van der Waals surface area contributed by atoms with Crippen molar-refractivity contribution in [2.24, 2.45) is 0 Å². The molecular formula is C22H21ClN2O4S2. The Bertz CT molecular complexity index is 1180. The van der Waals surface area contributed by atoms with Gasteiger partial charge >= 0.3 is 0 Å². The van der Waals surface area contributed by atoms with Gasteiger partial charge in [0.25, 0.3) is 15.9 Å². The van der Waals surface area contributed by atoms with Crippen LogP contribution in [0.25, 0.3) is 0 Å². The molecule has 0 fully saturated rings. The summed E-state index contributed by atoms with van der Waals surface area (Å²) in [5.41, 5.74) is 1.03. The molecule has 3 rings (SSSR count). The highest BCUT2D eigenvalue weighted by Crippen LogP contribution is 2.25. The number of hydrogen-bond donors (Lipinski definition) is 2. The summed E-state index contributed by atoms with van der Waals surface area (Å²) in [7, 11) is -3.93. The van der Waals surface area contributed by atoms with Crippen LogP contribution in [0.5, 0.6) is 5.75 Å². The molecule has 0 bridgehead atoms. The smallest absolute Gasteiger partial charge is 0.261 e. The molecule has 0 aliphatic carbocycles. The molecular weight excluding hydrogens is 456 g/mol. The van der Waals surface area contributed by atoms with Gasteiger partial charge < -0.3 is 10.1 Å². The first-order valence-electron chi connectivity index (χ1n) is 9.33. The van der Waals surface area contributed by atoms with E-state index in [1.807, 2.05) is 31.4 Å². The van der Waals surface area contributed by atoms with Gasteiger partial charge in [0.05, 0.1) is 22.1 Å². The molecule has 0 atom stereocenters. The zero-order chi connectivity index (χ0) is 22.4. The highest BCUT2D eigenvalue weighted by atomic mass is 35.5. The molecule has 0 spiro atoms. The molecule has 0 saturated heterocycles. The Labute approximate surface area is 191 Å². The van der Waals surface area contributed by atoms with Crippen LogP contribution in [0.2, 0.25) is 5.02 Å². The van der Waals surface area contributed by atoms with E-state index in [0.29, 0.717) is 23.7 Å². The minimum Gasteiger partial charge on any atom is -0.494 e. The Morgan fingerprint density at radius 1 is 1.03 bits per heavy atom. The minimum atomic E-state index is -3.93. The molecule has 162 valence electrons. The van der Waals surface area contributed by atoms with Crippen molar-refractivity contribution in [3.05, 3.63) is 77.3 Å². The summed E-state index contributed by atoms with van der Waals surface area (Å²) in [5.74, 6) is 0.141. The van der Waals surface area contributed by atoms with Gasteiger partial charge in [0.2, 0.25) is 0 Å². The van der Waals surface area contributed by atoms with Crippen LogP contribution < -0.4 is 14.8 Å². The maximum absolute atomic E-state index is 12.8. The molecule has 0 aliphatic rings. The van der Waals surface area contributed by atoms with Crippen LogP contribution in [0.15, 0.2) is 76.5 Å². The SMILES string of the molecule is CCOc1ccc(NS(=O)(=O)c2ccc(Cl)c(C(=O)Nc3cccc(SC)c3)c2)cc1. The molecule has 3 aromatic rings. The fraction of sp³-hybridized carbons (Fsp3) is 0.136. The van der Waals surface area contributed by atoms with Gasteiger partial charge in [0, 0.05) is 16.3 Å². The quantitative estimate of drug-likeness (QED) is 0.418. The van der Waals surface area contributed by atoms with Crippen molar-refractivity contribution in [1.82, 2.24) is 0 Å². The minimum absolute atomic E-state index is 0.0609. The van der Waals surface area contributed by atoms with Crippen molar-refractivity contribution < 1.29 is 17.9 Å². The number of halogens is 1. The zero-order valence-electron chi connectivity index (χ0n) is 16.9. The van der Waals surface area contributed by atoms with Crippen molar-refractivity contribution in [3.8, 4) is 5.75 Å². The van der Waals surface area contributed by atoms with Crippen LogP contribution >= 0.6 is 23.4 Å². The molecule has 31 heavy (non-hydrogen) atoms. The maximum atomic E-state index is 12.8. The van der Waals surface area contributed by atoms with E-state index < -0.39 is 15.9 Å². The molecule has 0 radical (unpaired) electrons. The molecule has 2 N–H and O–H groups in total. The summed E-state index contributed by atoms with van der Waals surface area (Å²) >= 11 is 7.73. The second-order valence-electron chi connectivity index (χ2n) is 6.39. The number of benzene rings is 3. The van der Waals surface area contributed by atoms with Crippen LogP contribution in [-0.2, 0) is 10.0 Å². The topological polar surface area (TPSA) is 84.5 Å². The molecule has 0 aromatic heterocycles. The fourth-order valence-electron chi connectivity index (χ4n) is 2.74. The number of hydrogen-bond acceptors (Lipinski definition) is 5. The number of rotatable bonds is 8. The Hall–Kier alpha value is -2.68. The van der Waals surface area contributed by atoms with Crippen LogP contribution in [0, 0.1) is 0 Å². The van der Waals surface area contributed by atoms with E-state index >= 15 is 0 Å². The summed E-state index contributed by atoms with van der Waals surface area (Å²) in [6.07, 6.45) is 1.93. The average Bonchev–Trinajstić information content (AvgIpc) is 2.75. The van der Waals surface area contributed by atoms with E-state index in [4.69, 9.17) is 16.3 Å². The van der Waals surface area contributed by atoms with E-state index in [1.165, 1.54) is 18.2 Å². The lowest BCUT2D eigenvalue weighted by Crippen LogP contribution is -2.16. The van der Waals surface area contributed by atoms with Crippen LogP contribution in [0.1, 0.15) is 17.3 Å². The normalized spacial score (nSPS) is 11.1. The number of carbonyl (C=O) groups excluding carboxylic acids is 1. The standard InChI is InChI=1S/C22H21ClN2O4S2/c1-3-29-17-9-7-15(8-10-17)25-31(27,28)19-11-12-21(23)20(14-19)22(26)24-16-5-4-6-18(13-16)30-2/h4-14,25H,3H2,1-2H3,(H,24,26). The predicted octanol–water partition coefficient (Wildman–Crippen LogP) is 5.51. The maximum Gasteiger partial charge on any atom is 0.261 e. The molecule has 0 unspecified atom stereocenters. The molecule has 9 heteroatoms. The number of amides is 1. The Kier molecular flexibility index (Phi) is 7.48. The van der Waals surface area contributed by atoms with Gasteiger partial charge in [-0.2, -0.15) is 0 Å². The van der Waals surface area contributed by atoms with E-state index in [9.17, 15) is 13.2 Å². The molecule has 0 saturated carbocycles. The van der Waals surface area contributed by atoms with Gasteiger partial charge in [0.15, 0.2) is 0 Å². The van der Waals surface area contributed by atoms with Crippen molar-refractivity contribution >= 4 is 50.7 Å². The Morgan fingerprint density at radius 2 is 1.77 bits per heavy atom. The second kappa shape index (κ2) is 10.1. The largest absolute Gasteiger partial charge is 0.494 e. The van der Waals surface area contributed by atoms with Gasteiger partial charge in [-0.25, -0.2) is 8.42 Å². The first-order chi connectivity index (χ1) is 14.8. The number of sulfonamides is 1. The lowest BCUT2D eigenvalue weighted by Gasteiger charge is -2.12. The number of carbonyl (C=O) groups is 1. The predicted molar refractivity (Wildman–Crippen MR) is 126 cm³/mol. The van der Waals surface area contributed by atoms with Crippen LogP contribution in [0.4, 0.5) is 11.4 Å². The van der Waals surface area contributed by atoms with E-state index in [1.54, 1.807) is 42.1 Å². The first-order valence-corrected chi connectivity index (χ1v) is 12.4. The number of thioether (sulfide) groups is 1. The molecule has 0 aliphatic heterocycles. The molecule has 3 aromatic carbocycles. The molecule has 0 heterocycles.